The molecule has 0 fully saturated rings. The number of benzene rings is 6. The highest BCUT2D eigenvalue weighted by Crippen LogP contribution is 2.37. The van der Waals surface area contributed by atoms with Crippen molar-refractivity contribution in [1.82, 2.24) is 0 Å². The molecule has 0 atom stereocenters. The SMILES string of the molecule is CC(c1cc(Cc2ccccc2)c(O)c(Cc2ccccc2)c1)c1cc(Cc2ccccc2)c(O)c(Cc2ccccc2)c1. The summed E-state index contributed by atoms with van der Waals surface area (Å²) in [5, 5.41) is 23.0. The summed E-state index contributed by atoms with van der Waals surface area (Å²) in [6.07, 6.45) is 2.62. The van der Waals surface area contributed by atoms with Gasteiger partial charge in [-0.3, -0.25) is 0 Å². The van der Waals surface area contributed by atoms with E-state index >= 15 is 0 Å². The highest BCUT2D eigenvalue weighted by molar-refractivity contribution is 5.53. The van der Waals surface area contributed by atoms with E-state index < -0.39 is 0 Å². The molecule has 0 amide bonds. The molecule has 6 aromatic carbocycles. The van der Waals surface area contributed by atoms with Crippen molar-refractivity contribution in [2.45, 2.75) is 38.5 Å². The number of hydrogen-bond acceptors (Lipinski definition) is 2. The first-order chi connectivity index (χ1) is 21.5. The summed E-state index contributed by atoms with van der Waals surface area (Å²) in [6.45, 7) is 2.23. The van der Waals surface area contributed by atoms with Crippen molar-refractivity contribution < 1.29 is 10.2 Å². The van der Waals surface area contributed by atoms with E-state index in [0.29, 0.717) is 37.2 Å². The van der Waals surface area contributed by atoms with Gasteiger partial charge in [-0.15, -0.1) is 0 Å². The highest BCUT2D eigenvalue weighted by atomic mass is 16.3. The van der Waals surface area contributed by atoms with Gasteiger partial charge in [-0.1, -0.05) is 153 Å². The van der Waals surface area contributed by atoms with Crippen LogP contribution < -0.4 is 0 Å². The van der Waals surface area contributed by atoms with E-state index in [1.165, 1.54) is 0 Å². The molecule has 0 aliphatic heterocycles. The average molecular weight is 575 g/mol. The molecule has 6 aromatic rings. The molecule has 6 rings (SSSR count). The van der Waals surface area contributed by atoms with E-state index in [4.69, 9.17) is 0 Å². The van der Waals surface area contributed by atoms with Crippen LogP contribution in [0.15, 0.2) is 146 Å². The second kappa shape index (κ2) is 13.5. The van der Waals surface area contributed by atoms with Crippen LogP contribution in [0.1, 0.15) is 68.5 Å². The summed E-state index contributed by atoms with van der Waals surface area (Å²) in [7, 11) is 0. The molecule has 2 nitrogen and oxygen atoms in total. The van der Waals surface area contributed by atoms with Crippen LogP contribution in [0.25, 0.3) is 0 Å². The molecule has 0 radical (unpaired) electrons. The van der Waals surface area contributed by atoms with Crippen molar-refractivity contribution in [2.75, 3.05) is 0 Å². The molecule has 0 unspecified atom stereocenters. The Morgan fingerprint density at radius 3 is 0.841 bits per heavy atom. The zero-order chi connectivity index (χ0) is 30.3. The van der Waals surface area contributed by atoms with Crippen LogP contribution in [0.2, 0.25) is 0 Å². The van der Waals surface area contributed by atoms with Crippen molar-refractivity contribution >= 4 is 0 Å². The molecule has 218 valence electrons. The maximum Gasteiger partial charge on any atom is 0.122 e. The van der Waals surface area contributed by atoms with E-state index in [1.807, 2.05) is 72.8 Å². The Bertz CT molecular complexity index is 1550. The second-order valence-corrected chi connectivity index (χ2v) is 11.7. The lowest BCUT2D eigenvalue weighted by Gasteiger charge is -2.21. The van der Waals surface area contributed by atoms with Gasteiger partial charge in [0.25, 0.3) is 0 Å². The third kappa shape index (κ3) is 6.93. The minimum atomic E-state index is 0.0456. The number of phenols is 2. The van der Waals surface area contributed by atoms with E-state index in [0.717, 1.165) is 55.6 Å². The van der Waals surface area contributed by atoms with Gasteiger partial charge in [0.2, 0.25) is 0 Å². The molecular formula is C42H38O2. The molecule has 2 N–H and O–H groups in total. The highest BCUT2D eigenvalue weighted by Gasteiger charge is 2.19. The first-order valence-corrected chi connectivity index (χ1v) is 15.4. The van der Waals surface area contributed by atoms with Crippen LogP contribution in [0, 0.1) is 0 Å². The number of rotatable bonds is 10. The van der Waals surface area contributed by atoms with E-state index in [9.17, 15) is 10.2 Å². The quantitative estimate of drug-likeness (QED) is 0.171. The Labute approximate surface area is 260 Å². The lowest BCUT2D eigenvalue weighted by Crippen LogP contribution is -2.04. The number of aromatic hydroxyl groups is 2. The monoisotopic (exact) mass is 574 g/mol. The Hall–Kier alpha value is -5.08. The van der Waals surface area contributed by atoms with Crippen molar-refractivity contribution in [3.63, 3.8) is 0 Å². The zero-order valence-corrected chi connectivity index (χ0v) is 25.2. The summed E-state index contributed by atoms with van der Waals surface area (Å²) in [4.78, 5) is 0. The fourth-order valence-corrected chi connectivity index (χ4v) is 6.07. The Balaban J connectivity index is 1.43. The molecule has 0 bridgehead atoms. The Kier molecular flexibility index (Phi) is 8.89. The molecule has 0 heterocycles. The minimum absolute atomic E-state index is 0.0456. The van der Waals surface area contributed by atoms with Crippen LogP contribution in [-0.2, 0) is 25.7 Å². The van der Waals surface area contributed by atoms with E-state index in [1.54, 1.807) is 0 Å². The molecule has 0 aliphatic rings. The molecule has 0 spiro atoms. The van der Waals surface area contributed by atoms with E-state index in [2.05, 4.69) is 79.7 Å². The van der Waals surface area contributed by atoms with Gasteiger partial charge in [-0.05, 0) is 55.6 Å². The van der Waals surface area contributed by atoms with Crippen LogP contribution in [-0.4, -0.2) is 10.2 Å². The van der Waals surface area contributed by atoms with Crippen molar-refractivity contribution in [1.29, 1.82) is 0 Å². The van der Waals surface area contributed by atoms with Crippen LogP contribution in [0.3, 0.4) is 0 Å². The third-order valence-electron chi connectivity index (χ3n) is 8.53. The predicted molar refractivity (Wildman–Crippen MR) is 181 cm³/mol. The topological polar surface area (TPSA) is 40.5 Å². The van der Waals surface area contributed by atoms with Gasteiger partial charge >= 0.3 is 0 Å². The maximum absolute atomic E-state index is 11.5. The van der Waals surface area contributed by atoms with Crippen molar-refractivity contribution in [3.05, 3.63) is 201 Å². The summed E-state index contributed by atoms with van der Waals surface area (Å²) in [5.74, 6) is 0.784. The van der Waals surface area contributed by atoms with Crippen LogP contribution in [0.4, 0.5) is 0 Å². The third-order valence-corrected chi connectivity index (χ3v) is 8.53. The van der Waals surface area contributed by atoms with Crippen LogP contribution in [0.5, 0.6) is 11.5 Å². The summed E-state index contributed by atoms with van der Waals surface area (Å²) < 4.78 is 0. The Morgan fingerprint density at radius 2 is 0.614 bits per heavy atom. The normalized spacial score (nSPS) is 11.1. The van der Waals surface area contributed by atoms with Gasteiger partial charge in [0, 0.05) is 31.6 Å². The average Bonchev–Trinajstić information content (AvgIpc) is 3.06. The molecule has 0 saturated carbocycles. The standard InChI is InChI=1S/C42H38O2/c1-30(35-26-37(22-31-14-6-2-7-15-31)41(43)38(27-35)23-32-16-8-3-9-17-32)36-28-39(24-33-18-10-4-11-19-33)42(44)40(29-36)25-34-20-12-5-13-21-34/h2-21,26-30,43-44H,22-25H2,1H3. The maximum atomic E-state index is 11.5. The lowest BCUT2D eigenvalue weighted by molar-refractivity contribution is 0.463. The molecule has 2 heteroatoms. The lowest BCUT2D eigenvalue weighted by atomic mass is 9.85. The molecule has 0 saturated heterocycles. The summed E-state index contributed by atoms with van der Waals surface area (Å²) in [6, 6.07) is 50.0. The number of phenolic OH excluding ortho intramolecular Hbond substituents is 2. The molecular weight excluding hydrogens is 536 g/mol. The first kappa shape index (κ1) is 29.0. The molecule has 0 aliphatic carbocycles. The molecule has 0 aromatic heterocycles. The fourth-order valence-electron chi connectivity index (χ4n) is 6.07. The van der Waals surface area contributed by atoms with E-state index in [-0.39, 0.29) is 5.92 Å². The number of hydrogen-bond donors (Lipinski definition) is 2. The second-order valence-electron chi connectivity index (χ2n) is 11.7. The largest absolute Gasteiger partial charge is 0.507 e. The van der Waals surface area contributed by atoms with Gasteiger partial charge in [0.05, 0.1) is 0 Å². The first-order valence-electron chi connectivity index (χ1n) is 15.4. The smallest absolute Gasteiger partial charge is 0.122 e. The van der Waals surface area contributed by atoms with Gasteiger partial charge in [-0.2, -0.15) is 0 Å². The Morgan fingerprint density at radius 1 is 0.386 bits per heavy atom. The minimum Gasteiger partial charge on any atom is -0.507 e. The van der Waals surface area contributed by atoms with Gasteiger partial charge in [-0.25, -0.2) is 0 Å². The predicted octanol–water partition coefficient (Wildman–Crippen LogP) is 9.61. The van der Waals surface area contributed by atoms with Gasteiger partial charge < -0.3 is 10.2 Å². The zero-order valence-electron chi connectivity index (χ0n) is 25.2. The van der Waals surface area contributed by atoms with Gasteiger partial charge in [0.15, 0.2) is 0 Å². The van der Waals surface area contributed by atoms with Crippen molar-refractivity contribution in [2.24, 2.45) is 0 Å². The summed E-state index contributed by atoms with van der Waals surface area (Å²) in [5.41, 5.74) is 10.7. The van der Waals surface area contributed by atoms with Crippen molar-refractivity contribution in [3.8, 4) is 11.5 Å². The van der Waals surface area contributed by atoms with Gasteiger partial charge in [0.1, 0.15) is 11.5 Å². The van der Waals surface area contributed by atoms with Crippen LogP contribution >= 0.6 is 0 Å². The fraction of sp³-hybridized carbons (Fsp3) is 0.143. The molecule has 44 heavy (non-hydrogen) atoms. The summed E-state index contributed by atoms with van der Waals surface area (Å²) >= 11 is 0.